The van der Waals surface area contributed by atoms with Crippen LogP contribution in [-0.2, 0) is 4.79 Å². The van der Waals surface area contributed by atoms with E-state index in [1.54, 1.807) is 0 Å². The molecule has 0 radical (unpaired) electrons. The fourth-order valence-electron chi connectivity index (χ4n) is 5.45. The van der Waals surface area contributed by atoms with Gasteiger partial charge in [-0.1, -0.05) is 13.0 Å². The zero-order valence-electron chi connectivity index (χ0n) is 18.5. The van der Waals surface area contributed by atoms with Gasteiger partial charge in [0.05, 0.1) is 11.8 Å². The highest BCUT2D eigenvalue weighted by Gasteiger charge is 2.37. The lowest BCUT2D eigenvalue weighted by Crippen LogP contribution is -2.47. The molecule has 1 heterocycles. The number of rotatable bonds is 5. The zero-order valence-corrected chi connectivity index (χ0v) is 19.3. The van der Waals surface area contributed by atoms with Crippen molar-refractivity contribution in [2.45, 2.75) is 96.1 Å². The monoisotopic (exact) mass is 445 g/mol. The molecule has 6 heteroatoms. The first kappa shape index (κ1) is 22.5. The molecule has 5 nitrogen and oxygen atoms in total. The molecule has 170 valence electrons. The maximum Gasteiger partial charge on any atom is 0.348 e. The van der Waals surface area contributed by atoms with Crippen molar-refractivity contribution in [3.63, 3.8) is 0 Å². The van der Waals surface area contributed by atoms with Crippen LogP contribution in [0.1, 0.15) is 98.5 Å². The van der Waals surface area contributed by atoms with Crippen LogP contribution in [0.2, 0.25) is 0 Å². The van der Waals surface area contributed by atoms with Crippen molar-refractivity contribution in [3.05, 3.63) is 21.9 Å². The molecule has 4 rings (SSSR count). The highest BCUT2D eigenvalue weighted by Crippen LogP contribution is 2.42. The first-order valence-corrected chi connectivity index (χ1v) is 12.8. The Hall–Kier alpha value is -1.66. The van der Waals surface area contributed by atoms with Crippen LogP contribution >= 0.6 is 11.3 Å². The van der Waals surface area contributed by atoms with Crippen molar-refractivity contribution < 1.29 is 19.8 Å². The molecule has 0 aromatic carbocycles. The molecule has 2 saturated carbocycles. The summed E-state index contributed by atoms with van der Waals surface area (Å²) in [5.41, 5.74) is 1.81. The number of aliphatic hydroxyl groups excluding tert-OH is 1. The Morgan fingerprint density at radius 2 is 1.74 bits per heavy atom. The van der Waals surface area contributed by atoms with Gasteiger partial charge < -0.3 is 15.1 Å². The number of carboxylic acids is 1. The van der Waals surface area contributed by atoms with Crippen LogP contribution in [0.4, 0.5) is 5.69 Å². The molecule has 0 spiro atoms. The quantitative estimate of drug-likeness (QED) is 0.594. The van der Waals surface area contributed by atoms with Crippen molar-refractivity contribution >= 4 is 34.5 Å². The number of carbonyl (C=O) groups excluding carboxylic acids is 1. The van der Waals surface area contributed by atoms with Crippen molar-refractivity contribution in [2.75, 3.05) is 4.90 Å². The summed E-state index contributed by atoms with van der Waals surface area (Å²) < 4.78 is 0. The Bertz CT molecular complexity index is 829. The van der Waals surface area contributed by atoms with Gasteiger partial charge in [-0.3, -0.25) is 4.79 Å². The first-order chi connectivity index (χ1) is 14.9. The molecule has 1 amide bonds. The second-order valence-corrected chi connectivity index (χ2v) is 10.8. The number of carboxylic acid groups (broad SMARTS) is 1. The SMILES string of the molecule is CC1CCC(C(=O)N(c2cc(C3=CCCCC3)sc2C(=O)O)C2CCC(O)CC2)CC1. The highest BCUT2D eigenvalue weighted by molar-refractivity contribution is 7.15. The van der Waals surface area contributed by atoms with Crippen molar-refractivity contribution in [1.82, 2.24) is 0 Å². The maximum absolute atomic E-state index is 13.8. The van der Waals surface area contributed by atoms with E-state index in [1.807, 2.05) is 11.0 Å². The lowest BCUT2D eigenvalue weighted by atomic mass is 9.81. The van der Waals surface area contributed by atoms with Crippen LogP contribution in [0.25, 0.3) is 5.57 Å². The van der Waals surface area contributed by atoms with E-state index in [0.29, 0.717) is 24.4 Å². The standard InChI is InChI=1S/C25H35NO4S/c1-16-7-9-18(10-8-16)24(28)26(19-11-13-20(27)14-12-19)21-15-22(31-23(21)25(29)30)17-5-3-2-4-6-17/h5,15-16,18-20,27H,2-4,6-14H2,1H3,(H,29,30). The highest BCUT2D eigenvalue weighted by atomic mass is 32.1. The average molecular weight is 446 g/mol. The largest absolute Gasteiger partial charge is 0.477 e. The lowest BCUT2D eigenvalue weighted by Gasteiger charge is -2.38. The molecule has 3 aliphatic rings. The number of aromatic carboxylic acids is 1. The van der Waals surface area contributed by atoms with Crippen molar-refractivity contribution in [1.29, 1.82) is 0 Å². The molecule has 0 atom stereocenters. The van der Waals surface area contributed by atoms with E-state index in [-0.39, 0.29) is 28.8 Å². The Morgan fingerprint density at radius 3 is 2.35 bits per heavy atom. The molecule has 31 heavy (non-hydrogen) atoms. The Balaban J connectivity index is 1.70. The number of hydrogen-bond donors (Lipinski definition) is 2. The number of anilines is 1. The van der Waals surface area contributed by atoms with Crippen LogP contribution in [0.3, 0.4) is 0 Å². The number of allylic oxidation sites excluding steroid dienone is 2. The van der Waals surface area contributed by atoms with E-state index in [4.69, 9.17) is 0 Å². The zero-order chi connectivity index (χ0) is 22.0. The minimum atomic E-state index is -0.950. The number of nitrogens with zero attached hydrogens (tertiary/aromatic N) is 1. The van der Waals surface area contributed by atoms with Crippen LogP contribution in [0.15, 0.2) is 12.1 Å². The van der Waals surface area contributed by atoms with Crippen molar-refractivity contribution in [3.8, 4) is 0 Å². The van der Waals surface area contributed by atoms with E-state index < -0.39 is 5.97 Å². The third-order valence-electron chi connectivity index (χ3n) is 7.41. The van der Waals surface area contributed by atoms with E-state index in [0.717, 1.165) is 62.7 Å². The number of aliphatic hydroxyl groups is 1. The van der Waals surface area contributed by atoms with Gasteiger partial charge in [0.15, 0.2) is 0 Å². The van der Waals surface area contributed by atoms with Gasteiger partial charge in [0.1, 0.15) is 4.88 Å². The van der Waals surface area contributed by atoms with E-state index in [2.05, 4.69) is 13.0 Å². The minimum absolute atomic E-state index is 0.0260. The fourth-order valence-corrected chi connectivity index (χ4v) is 6.51. The third-order valence-corrected chi connectivity index (χ3v) is 8.60. The molecule has 2 fully saturated rings. The van der Waals surface area contributed by atoms with Crippen LogP contribution in [0, 0.1) is 11.8 Å². The van der Waals surface area contributed by atoms with Gasteiger partial charge in [0.2, 0.25) is 5.91 Å². The van der Waals surface area contributed by atoms with Gasteiger partial charge in [-0.15, -0.1) is 11.3 Å². The molecule has 3 aliphatic carbocycles. The number of hydrogen-bond acceptors (Lipinski definition) is 4. The summed E-state index contributed by atoms with van der Waals surface area (Å²) in [6.45, 7) is 2.24. The predicted octanol–water partition coefficient (Wildman–Crippen LogP) is 5.87. The second kappa shape index (κ2) is 9.86. The van der Waals surface area contributed by atoms with Gasteiger partial charge in [0.25, 0.3) is 0 Å². The lowest BCUT2D eigenvalue weighted by molar-refractivity contribution is -0.124. The molecule has 1 aromatic heterocycles. The number of thiophene rings is 1. The Kier molecular flexibility index (Phi) is 7.17. The number of amides is 1. The number of carbonyl (C=O) groups is 2. The molecule has 0 bridgehead atoms. The maximum atomic E-state index is 13.8. The Labute approximate surface area is 189 Å². The predicted molar refractivity (Wildman–Crippen MR) is 125 cm³/mol. The van der Waals surface area contributed by atoms with Gasteiger partial charge in [0, 0.05) is 16.8 Å². The third kappa shape index (κ3) is 5.06. The molecule has 2 N–H and O–H groups in total. The molecular weight excluding hydrogens is 410 g/mol. The first-order valence-electron chi connectivity index (χ1n) is 12.0. The molecule has 1 aromatic rings. The van der Waals surface area contributed by atoms with Gasteiger partial charge in [-0.25, -0.2) is 4.79 Å². The smallest absolute Gasteiger partial charge is 0.348 e. The Morgan fingerprint density at radius 1 is 1.03 bits per heavy atom. The summed E-state index contributed by atoms with van der Waals surface area (Å²) in [4.78, 5) is 29.1. The topological polar surface area (TPSA) is 77.8 Å². The van der Waals surface area contributed by atoms with E-state index in [1.165, 1.54) is 23.3 Å². The summed E-state index contributed by atoms with van der Waals surface area (Å²) in [5, 5.41) is 20.0. The summed E-state index contributed by atoms with van der Waals surface area (Å²) in [5.74, 6) is -0.226. The molecule has 0 aliphatic heterocycles. The van der Waals surface area contributed by atoms with E-state index >= 15 is 0 Å². The molecule has 0 unspecified atom stereocenters. The summed E-state index contributed by atoms with van der Waals surface area (Å²) in [6, 6.07) is 1.94. The van der Waals surface area contributed by atoms with Crippen LogP contribution < -0.4 is 4.90 Å². The minimum Gasteiger partial charge on any atom is -0.477 e. The van der Waals surface area contributed by atoms with Crippen molar-refractivity contribution in [2.24, 2.45) is 11.8 Å². The summed E-state index contributed by atoms with van der Waals surface area (Å²) in [7, 11) is 0. The van der Waals surface area contributed by atoms with Gasteiger partial charge >= 0.3 is 5.97 Å². The van der Waals surface area contributed by atoms with E-state index in [9.17, 15) is 19.8 Å². The normalized spacial score (nSPS) is 29.3. The summed E-state index contributed by atoms with van der Waals surface area (Å²) in [6.07, 6.45) is 12.9. The van der Waals surface area contributed by atoms with Crippen LogP contribution in [-0.4, -0.2) is 34.2 Å². The average Bonchev–Trinajstić information content (AvgIpc) is 3.22. The molecular formula is C25H35NO4S. The molecule has 0 saturated heterocycles. The second-order valence-electron chi connectivity index (χ2n) is 9.73. The van der Waals surface area contributed by atoms with Gasteiger partial charge in [-0.2, -0.15) is 0 Å². The van der Waals surface area contributed by atoms with Crippen LogP contribution in [0.5, 0.6) is 0 Å². The van der Waals surface area contributed by atoms with Gasteiger partial charge in [-0.05, 0) is 94.6 Å². The fraction of sp³-hybridized carbons (Fsp3) is 0.680. The summed E-state index contributed by atoms with van der Waals surface area (Å²) >= 11 is 1.32.